The van der Waals surface area contributed by atoms with Crippen LogP contribution in [0.2, 0.25) is 5.02 Å². The van der Waals surface area contributed by atoms with Crippen molar-refractivity contribution in [1.82, 2.24) is 24.6 Å². The summed E-state index contributed by atoms with van der Waals surface area (Å²) >= 11 is 6.56. The van der Waals surface area contributed by atoms with Gasteiger partial charge in [-0.05, 0) is 69.3 Å². The Hall–Kier alpha value is -2.43. The maximum absolute atomic E-state index is 12.7. The number of nitrogens with zero attached hydrogens (tertiary/aromatic N) is 5. The molecule has 11 heteroatoms. The summed E-state index contributed by atoms with van der Waals surface area (Å²) in [5, 5.41) is 18.5. The normalized spacial score (nSPS) is 19.0. The van der Waals surface area contributed by atoms with Gasteiger partial charge in [0.2, 0.25) is 5.95 Å². The molecule has 1 saturated heterocycles. The third-order valence-corrected chi connectivity index (χ3v) is 7.05. The van der Waals surface area contributed by atoms with Gasteiger partial charge in [0.05, 0.1) is 29.1 Å². The number of nitrogens with one attached hydrogen (secondary N) is 1. The van der Waals surface area contributed by atoms with Crippen LogP contribution in [-0.2, 0) is 0 Å². The van der Waals surface area contributed by atoms with Crippen LogP contribution in [0.15, 0.2) is 24.5 Å². The largest absolute Gasteiger partial charge is 0.415 e. The number of likely N-dealkylation sites (tertiary alicyclic amines) is 1. The molecular weight excluding hydrogens is 469 g/mol. The lowest BCUT2D eigenvalue weighted by molar-refractivity contribution is -0.208. The summed E-state index contributed by atoms with van der Waals surface area (Å²) < 4.78 is 40.0. The number of hydrogen-bond acceptors (Lipinski definition) is 6. The molecule has 1 unspecified atom stereocenters. The average molecular weight is 495 g/mol. The van der Waals surface area contributed by atoms with Crippen LogP contribution in [0.5, 0.6) is 0 Å². The minimum atomic E-state index is -4.60. The first-order chi connectivity index (χ1) is 16.2. The molecule has 0 radical (unpaired) electrons. The highest BCUT2D eigenvalue weighted by Gasteiger charge is 2.39. The van der Waals surface area contributed by atoms with Crippen molar-refractivity contribution in [2.75, 3.05) is 25.0 Å². The molecule has 0 amide bonds. The van der Waals surface area contributed by atoms with E-state index in [1.807, 2.05) is 23.7 Å². The second kappa shape index (κ2) is 8.98. The molecule has 7 nitrogen and oxygen atoms in total. The molecule has 2 aromatic heterocycles. The van der Waals surface area contributed by atoms with Gasteiger partial charge in [-0.3, -0.25) is 4.68 Å². The van der Waals surface area contributed by atoms with Crippen molar-refractivity contribution in [2.24, 2.45) is 0 Å². The van der Waals surface area contributed by atoms with Crippen LogP contribution in [0.25, 0.3) is 10.9 Å². The Morgan fingerprint density at radius 1 is 1.18 bits per heavy atom. The maximum atomic E-state index is 12.7. The second-order valence-electron chi connectivity index (χ2n) is 9.20. The molecule has 0 spiro atoms. The third-order valence-electron chi connectivity index (χ3n) is 6.72. The summed E-state index contributed by atoms with van der Waals surface area (Å²) in [7, 11) is 0. The zero-order valence-corrected chi connectivity index (χ0v) is 19.4. The second-order valence-corrected chi connectivity index (χ2v) is 9.61. The van der Waals surface area contributed by atoms with Gasteiger partial charge >= 0.3 is 6.18 Å². The van der Waals surface area contributed by atoms with E-state index in [-0.39, 0.29) is 5.92 Å². The van der Waals surface area contributed by atoms with Crippen LogP contribution in [0.3, 0.4) is 0 Å². The molecule has 1 aliphatic carbocycles. The fraction of sp³-hybridized carbons (Fsp3) is 0.522. The summed E-state index contributed by atoms with van der Waals surface area (Å²) in [6.45, 7) is 2.55. The van der Waals surface area contributed by atoms with E-state index < -0.39 is 18.8 Å². The first kappa shape index (κ1) is 23.3. The van der Waals surface area contributed by atoms with E-state index in [4.69, 9.17) is 11.6 Å². The van der Waals surface area contributed by atoms with E-state index in [1.165, 1.54) is 0 Å². The predicted molar refractivity (Wildman–Crippen MR) is 124 cm³/mol. The van der Waals surface area contributed by atoms with E-state index in [9.17, 15) is 18.3 Å². The van der Waals surface area contributed by atoms with Gasteiger partial charge in [-0.15, -0.1) is 0 Å². The SMILES string of the molecule is Cc1c(Nc2ncc3cc(Cl)c(C4CCN(CC(O)C(F)(F)F)CC4)cc3n2)cnn1C1CC1. The molecule has 1 atom stereocenters. The summed E-state index contributed by atoms with van der Waals surface area (Å²) in [5.41, 5.74) is 3.60. The Labute approximate surface area is 199 Å². The number of hydrogen-bond donors (Lipinski definition) is 2. The van der Waals surface area contributed by atoms with Crippen LogP contribution in [0.4, 0.5) is 24.8 Å². The van der Waals surface area contributed by atoms with Crippen molar-refractivity contribution >= 4 is 34.1 Å². The number of piperidine rings is 1. The highest BCUT2D eigenvalue weighted by molar-refractivity contribution is 6.32. The Kier molecular flexibility index (Phi) is 6.16. The summed E-state index contributed by atoms with van der Waals surface area (Å²) in [6.07, 6.45) is 0.214. The Morgan fingerprint density at radius 3 is 2.59 bits per heavy atom. The van der Waals surface area contributed by atoms with Crippen molar-refractivity contribution in [3.63, 3.8) is 0 Å². The molecular formula is C23H26ClF3N6O. The number of benzene rings is 1. The molecule has 1 aliphatic heterocycles. The zero-order valence-electron chi connectivity index (χ0n) is 18.7. The Balaban J connectivity index is 1.30. The minimum Gasteiger partial charge on any atom is -0.382 e. The van der Waals surface area contributed by atoms with Gasteiger partial charge in [0, 0.05) is 23.2 Å². The number of β-amino-alcohol motifs (C(OH)–C–C–N with tert-alkyl or cyclic N) is 1. The monoisotopic (exact) mass is 494 g/mol. The van der Waals surface area contributed by atoms with Crippen LogP contribution < -0.4 is 5.32 Å². The van der Waals surface area contributed by atoms with Gasteiger partial charge < -0.3 is 15.3 Å². The molecule has 2 aliphatic rings. The molecule has 3 aromatic rings. The Bertz CT molecular complexity index is 1190. The number of rotatable bonds is 6. The van der Waals surface area contributed by atoms with Crippen molar-refractivity contribution < 1.29 is 18.3 Å². The first-order valence-corrected chi connectivity index (χ1v) is 11.8. The van der Waals surface area contributed by atoms with Crippen LogP contribution >= 0.6 is 11.6 Å². The van der Waals surface area contributed by atoms with E-state index in [2.05, 4.69) is 20.4 Å². The van der Waals surface area contributed by atoms with Crippen molar-refractivity contribution in [2.45, 2.75) is 56.8 Å². The number of halogens is 4. The van der Waals surface area contributed by atoms with E-state index in [0.29, 0.717) is 42.9 Å². The topological polar surface area (TPSA) is 79.1 Å². The lowest BCUT2D eigenvalue weighted by Crippen LogP contribution is -2.44. The van der Waals surface area contributed by atoms with Gasteiger partial charge in [-0.2, -0.15) is 18.3 Å². The molecule has 2 N–H and O–H groups in total. The fourth-order valence-corrected chi connectivity index (χ4v) is 4.90. The van der Waals surface area contributed by atoms with Crippen LogP contribution in [-0.4, -0.2) is 61.7 Å². The Morgan fingerprint density at radius 2 is 1.91 bits per heavy atom. The van der Waals surface area contributed by atoms with E-state index in [1.54, 1.807) is 17.3 Å². The number of aliphatic hydroxyl groups is 1. The molecule has 34 heavy (non-hydrogen) atoms. The summed E-state index contributed by atoms with van der Waals surface area (Å²) in [4.78, 5) is 10.7. The fourth-order valence-electron chi connectivity index (χ4n) is 4.57. The number of anilines is 2. The molecule has 5 rings (SSSR count). The summed E-state index contributed by atoms with van der Waals surface area (Å²) in [6, 6.07) is 4.28. The zero-order chi connectivity index (χ0) is 24.0. The lowest BCUT2D eigenvalue weighted by Gasteiger charge is -2.34. The molecule has 0 bridgehead atoms. The van der Waals surface area contributed by atoms with Crippen molar-refractivity contribution in [3.05, 3.63) is 40.8 Å². The van der Waals surface area contributed by atoms with E-state index in [0.717, 1.165) is 40.7 Å². The molecule has 1 aromatic carbocycles. The highest BCUT2D eigenvalue weighted by atomic mass is 35.5. The third kappa shape index (κ3) is 4.85. The molecule has 2 fully saturated rings. The first-order valence-electron chi connectivity index (χ1n) is 11.4. The van der Waals surface area contributed by atoms with E-state index >= 15 is 0 Å². The van der Waals surface area contributed by atoms with Gasteiger partial charge in [0.25, 0.3) is 0 Å². The smallest absolute Gasteiger partial charge is 0.382 e. The lowest BCUT2D eigenvalue weighted by atomic mass is 9.88. The maximum Gasteiger partial charge on any atom is 0.415 e. The highest BCUT2D eigenvalue weighted by Crippen LogP contribution is 2.38. The summed E-state index contributed by atoms with van der Waals surface area (Å²) in [5.74, 6) is 0.580. The molecule has 3 heterocycles. The number of aromatic nitrogens is 4. The average Bonchev–Trinajstić information content (AvgIpc) is 3.57. The van der Waals surface area contributed by atoms with Crippen molar-refractivity contribution in [1.29, 1.82) is 0 Å². The molecule has 1 saturated carbocycles. The van der Waals surface area contributed by atoms with Gasteiger partial charge in [-0.25, -0.2) is 9.97 Å². The number of aliphatic hydroxyl groups excluding tert-OH is 1. The standard InChI is InChI=1S/C23H26ClF3N6O/c1-13-20(11-29-33(13)16-2-3-16)31-22-28-10-15-8-18(24)17(9-19(15)30-22)14-4-6-32(7-5-14)12-21(34)23(25,26)27/h8-11,14,16,21,34H,2-7,12H2,1H3,(H,28,30,31). The van der Waals surface area contributed by atoms with Gasteiger partial charge in [-0.1, -0.05) is 11.6 Å². The predicted octanol–water partition coefficient (Wildman–Crippen LogP) is 4.97. The van der Waals surface area contributed by atoms with Crippen LogP contribution in [0, 0.1) is 6.92 Å². The number of fused-ring (bicyclic) bond motifs is 1. The van der Waals surface area contributed by atoms with Crippen LogP contribution in [0.1, 0.15) is 48.9 Å². The number of alkyl halides is 3. The van der Waals surface area contributed by atoms with Gasteiger partial charge in [0.15, 0.2) is 6.10 Å². The molecule has 182 valence electrons. The minimum absolute atomic E-state index is 0.113. The van der Waals surface area contributed by atoms with Crippen molar-refractivity contribution in [3.8, 4) is 0 Å². The van der Waals surface area contributed by atoms with Gasteiger partial charge in [0.1, 0.15) is 0 Å². The quantitative estimate of drug-likeness (QED) is 0.504.